The predicted molar refractivity (Wildman–Crippen MR) is 78.0 cm³/mol. The monoisotopic (exact) mass is 281 g/mol. The van der Waals surface area contributed by atoms with Crippen molar-refractivity contribution in [3.8, 4) is 0 Å². The fourth-order valence-corrected chi connectivity index (χ4v) is 3.29. The highest BCUT2D eigenvalue weighted by atomic mass is 16.2. The van der Waals surface area contributed by atoms with E-state index in [1.807, 2.05) is 11.8 Å². The summed E-state index contributed by atoms with van der Waals surface area (Å²) in [7, 11) is 0. The Bertz CT molecular complexity index is 379. The van der Waals surface area contributed by atoms with Crippen molar-refractivity contribution in [3.05, 3.63) is 0 Å². The van der Waals surface area contributed by atoms with Gasteiger partial charge in [0.25, 0.3) is 0 Å². The zero-order valence-corrected chi connectivity index (χ0v) is 12.7. The van der Waals surface area contributed by atoms with Crippen molar-refractivity contribution >= 4 is 11.8 Å². The van der Waals surface area contributed by atoms with E-state index in [4.69, 9.17) is 5.73 Å². The smallest absolute Gasteiger partial charge is 0.244 e. The fraction of sp³-hybridized carbons (Fsp3) is 0.867. The predicted octanol–water partition coefficient (Wildman–Crippen LogP) is 1.02. The van der Waals surface area contributed by atoms with Crippen LogP contribution in [0.15, 0.2) is 0 Å². The second-order valence-corrected chi connectivity index (χ2v) is 6.50. The van der Waals surface area contributed by atoms with Gasteiger partial charge in [-0.15, -0.1) is 0 Å². The first-order valence-electron chi connectivity index (χ1n) is 7.80. The van der Waals surface area contributed by atoms with E-state index in [0.29, 0.717) is 0 Å². The number of nitrogens with two attached hydrogens (primary N) is 1. The van der Waals surface area contributed by atoms with E-state index in [2.05, 4.69) is 5.32 Å². The summed E-state index contributed by atoms with van der Waals surface area (Å²) in [5.74, 6) is -0.0337. The van der Waals surface area contributed by atoms with Gasteiger partial charge in [0.2, 0.25) is 11.8 Å². The Balaban J connectivity index is 1.91. The summed E-state index contributed by atoms with van der Waals surface area (Å²) in [6.07, 6.45) is 6.00. The highest BCUT2D eigenvalue weighted by Crippen LogP contribution is 2.36. The molecule has 114 valence electrons. The molecule has 2 aliphatic rings. The molecule has 1 heterocycles. The van der Waals surface area contributed by atoms with E-state index in [9.17, 15) is 9.59 Å². The summed E-state index contributed by atoms with van der Waals surface area (Å²) >= 11 is 0. The van der Waals surface area contributed by atoms with Crippen LogP contribution in [-0.2, 0) is 9.59 Å². The maximum atomic E-state index is 12.4. The first-order valence-corrected chi connectivity index (χ1v) is 7.80. The van der Waals surface area contributed by atoms with E-state index in [1.165, 1.54) is 6.42 Å². The van der Waals surface area contributed by atoms with Crippen molar-refractivity contribution in [1.29, 1.82) is 0 Å². The Morgan fingerprint density at radius 1 is 1.25 bits per heavy atom. The maximum absolute atomic E-state index is 12.4. The Hall–Kier alpha value is -1.10. The fourth-order valence-electron chi connectivity index (χ4n) is 3.29. The topological polar surface area (TPSA) is 75.4 Å². The number of piperidine rings is 1. The van der Waals surface area contributed by atoms with E-state index < -0.39 is 11.5 Å². The zero-order valence-electron chi connectivity index (χ0n) is 12.7. The molecule has 20 heavy (non-hydrogen) atoms. The molecule has 3 atom stereocenters. The minimum Gasteiger partial charge on any atom is -0.344 e. The molecule has 1 aliphatic heterocycles. The van der Waals surface area contributed by atoms with Crippen molar-refractivity contribution in [3.63, 3.8) is 0 Å². The van der Waals surface area contributed by atoms with Crippen LogP contribution in [0.2, 0.25) is 0 Å². The van der Waals surface area contributed by atoms with Crippen LogP contribution in [0.1, 0.15) is 52.4 Å². The molecule has 0 bridgehead atoms. The average molecular weight is 281 g/mol. The SMILES string of the molecule is CC(NC(=O)C1(C)CCCC1N)C(=O)N1CCCCC1. The van der Waals surface area contributed by atoms with Crippen LogP contribution < -0.4 is 11.1 Å². The van der Waals surface area contributed by atoms with Crippen LogP contribution >= 0.6 is 0 Å². The lowest BCUT2D eigenvalue weighted by atomic mass is 9.84. The van der Waals surface area contributed by atoms with Crippen LogP contribution in [-0.4, -0.2) is 41.9 Å². The molecule has 2 amide bonds. The molecule has 5 heteroatoms. The van der Waals surface area contributed by atoms with Crippen molar-refractivity contribution in [2.24, 2.45) is 11.1 Å². The number of nitrogens with zero attached hydrogens (tertiary/aromatic N) is 1. The zero-order chi connectivity index (χ0) is 14.8. The number of hydrogen-bond donors (Lipinski definition) is 2. The standard InChI is InChI=1S/C15H27N3O2/c1-11(13(19)18-9-4-3-5-10-18)17-14(20)15(2)8-6-7-12(15)16/h11-12H,3-10,16H2,1-2H3,(H,17,20). The van der Waals surface area contributed by atoms with Gasteiger partial charge in [-0.3, -0.25) is 9.59 Å². The highest BCUT2D eigenvalue weighted by molar-refractivity contribution is 5.90. The van der Waals surface area contributed by atoms with Gasteiger partial charge in [0, 0.05) is 19.1 Å². The van der Waals surface area contributed by atoms with Crippen LogP contribution in [0.4, 0.5) is 0 Å². The first-order chi connectivity index (χ1) is 9.45. The Morgan fingerprint density at radius 2 is 1.90 bits per heavy atom. The molecule has 0 aromatic rings. The summed E-state index contributed by atoms with van der Waals surface area (Å²) in [6, 6.07) is -0.551. The van der Waals surface area contributed by atoms with Gasteiger partial charge in [0.1, 0.15) is 6.04 Å². The van der Waals surface area contributed by atoms with E-state index in [1.54, 1.807) is 6.92 Å². The van der Waals surface area contributed by atoms with Crippen molar-refractivity contribution in [2.75, 3.05) is 13.1 Å². The number of hydrogen-bond acceptors (Lipinski definition) is 3. The summed E-state index contributed by atoms with van der Waals surface area (Å²) in [5.41, 5.74) is 5.54. The van der Waals surface area contributed by atoms with Gasteiger partial charge in [-0.2, -0.15) is 0 Å². The molecule has 2 rings (SSSR count). The third kappa shape index (κ3) is 2.97. The molecular weight excluding hydrogens is 254 g/mol. The quantitative estimate of drug-likeness (QED) is 0.811. The second-order valence-electron chi connectivity index (χ2n) is 6.50. The Morgan fingerprint density at radius 3 is 2.45 bits per heavy atom. The molecule has 0 aromatic carbocycles. The molecule has 0 aromatic heterocycles. The number of carbonyl (C=O) groups is 2. The number of nitrogens with one attached hydrogen (secondary N) is 1. The summed E-state index contributed by atoms with van der Waals surface area (Å²) in [6.45, 7) is 5.32. The third-order valence-electron chi connectivity index (χ3n) is 4.93. The Labute approximate surface area is 121 Å². The minimum absolute atomic E-state index is 0.0354. The molecular formula is C15H27N3O2. The largest absolute Gasteiger partial charge is 0.344 e. The number of amides is 2. The maximum Gasteiger partial charge on any atom is 0.244 e. The summed E-state index contributed by atoms with van der Waals surface area (Å²) in [4.78, 5) is 26.6. The Kier molecular flexibility index (Phi) is 4.68. The van der Waals surface area contributed by atoms with Gasteiger partial charge in [0.15, 0.2) is 0 Å². The van der Waals surface area contributed by atoms with Gasteiger partial charge < -0.3 is 16.0 Å². The van der Waals surface area contributed by atoms with Crippen LogP contribution in [0.25, 0.3) is 0 Å². The molecule has 5 nitrogen and oxygen atoms in total. The molecule has 1 aliphatic carbocycles. The third-order valence-corrected chi connectivity index (χ3v) is 4.93. The van der Waals surface area contributed by atoms with Crippen LogP contribution in [0.5, 0.6) is 0 Å². The molecule has 1 saturated carbocycles. The van der Waals surface area contributed by atoms with E-state index in [0.717, 1.165) is 45.2 Å². The molecule has 3 N–H and O–H groups in total. The molecule has 2 fully saturated rings. The van der Waals surface area contributed by atoms with Gasteiger partial charge in [-0.1, -0.05) is 6.42 Å². The number of carbonyl (C=O) groups excluding carboxylic acids is 2. The van der Waals surface area contributed by atoms with Gasteiger partial charge in [-0.05, 0) is 46.0 Å². The summed E-state index contributed by atoms with van der Waals surface area (Å²) < 4.78 is 0. The van der Waals surface area contributed by atoms with E-state index >= 15 is 0 Å². The lowest BCUT2D eigenvalue weighted by Gasteiger charge is -2.32. The normalized spacial score (nSPS) is 31.9. The van der Waals surface area contributed by atoms with Gasteiger partial charge in [-0.25, -0.2) is 0 Å². The number of rotatable bonds is 3. The molecule has 1 saturated heterocycles. The molecule has 0 radical (unpaired) electrons. The van der Waals surface area contributed by atoms with Crippen molar-refractivity contribution in [1.82, 2.24) is 10.2 Å². The first kappa shape index (κ1) is 15.3. The molecule has 3 unspecified atom stereocenters. The average Bonchev–Trinajstić information content (AvgIpc) is 2.80. The second kappa shape index (κ2) is 6.12. The van der Waals surface area contributed by atoms with Crippen molar-refractivity contribution < 1.29 is 9.59 Å². The van der Waals surface area contributed by atoms with Crippen molar-refractivity contribution in [2.45, 2.75) is 64.5 Å². The van der Waals surface area contributed by atoms with Crippen LogP contribution in [0, 0.1) is 5.41 Å². The summed E-state index contributed by atoms with van der Waals surface area (Å²) in [5, 5.41) is 2.88. The molecule has 0 spiro atoms. The van der Waals surface area contributed by atoms with E-state index in [-0.39, 0.29) is 17.9 Å². The van der Waals surface area contributed by atoms with Gasteiger partial charge in [0.05, 0.1) is 5.41 Å². The van der Waals surface area contributed by atoms with Crippen LogP contribution in [0.3, 0.4) is 0 Å². The minimum atomic E-state index is -0.517. The lowest BCUT2D eigenvalue weighted by molar-refractivity contribution is -0.139. The van der Waals surface area contributed by atoms with Gasteiger partial charge >= 0.3 is 0 Å². The highest BCUT2D eigenvalue weighted by Gasteiger charge is 2.43. The lowest BCUT2D eigenvalue weighted by Crippen LogP contribution is -2.54. The number of likely N-dealkylation sites (tertiary alicyclic amines) is 1.